The zero-order valence-corrected chi connectivity index (χ0v) is 91.0. The van der Waals surface area contributed by atoms with E-state index in [1.165, 1.54) is 97.6 Å². The van der Waals surface area contributed by atoms with Gasteiger partial charge in [0.15, 0.2) is 11.5 Å². The lowest BCUT2D eigenvalue weighted by Crippen LogP contribution is -2.44. The Balaban J connectivity index is 0.000000239. The highest BCUT2D eigenvalue weighted by atomic mass is 35.5. The summed E-state index contributed by atoms with van der Waals surface area (Å²) in [5, 5.41) is 23.8. The molecule has 0 unspecified atom stereocenters. The molecule has 144 heavy (non-hydrogen) atoms. The summed E-state index contributed by atoms with van der Waals surface area (Å²) in [6.07, 6.45) is 10.9. The van der Waals surface area contributed by atoms with Crippen LogP contribution in [0, 0.1) is 0 Å². The Bertz CT molecular complexity index is 5300. The summed E-state index contributed by atoms with van der Waals surface area (Å²) < 4.78 is 15.8. The molecule has 2 fully saturated rings. The van der Waals surface area contributed by atoms with Crippen molar-refractivity contribution in [1.82, 2.24) is 76.6 Å². The van der Waals surface area contributed by atoms with E-state index in [9.17, 15) is 0 Å². The largest absolute Gasteiger partial charge is 0.497 e. The average molecular weight is 2020 g/mol. The number of ether oxygens (including phenoxy) is 3. The van der Waals surface area contributed by atoms with Gasteiger partial charge in [-0.05, 0) is 305 Å². The van der Waals surface area contributed by atoms with Crippen LogP contribution in [0.5, 0.6) is 17.2 Å². The molecule has 776 valence electrons. The molecule has 13 N–H and O–H groups in total. The van der Waals surface area contributed by atoms with Crippen LogP contribution in [0.3, 0.4) is 0 Å². The van der Waals surface area contributed by atoms with Crippen LogP contribution in [0.25, 0.3) is 0 Å². The number of methoxy groups -OCH3 is 3. The van der Waals surface area contributed by atoms with E-state index in [1.54, 1.807) is 21.3 Å². The minimum atomic E-state index is 0.792. The molecule has 2 saturated heterocycles. The Morgan fingerprint density at radius 2 is 0.729 bits per heavy atom. The van der Waals surface area contributed by atoms with Crippen LogP contribution in [-0.2, 0) is 91.3 Å². The van der Waals surface area contributed by atoms with E-state index < -0.39 is 0 Å². The Morgan fingerprint density at radius 1 is 0.306 bits per heavy atom. The molecule has 18 rings (SSSR count). The molecule has 2 aromatic heterocycles. The lowest BCUT2D eigenvalue weighted by Gasteiger charge is -2.33. The third-order valence-corrected chi connectivity index (χ3v) is 24.3. The number of hydrogen-bond acceptors (Lipinski definition) is 23. The number of nitrogens with one attached hydrogen (secondary N) is 7. The van der Waals surface area contributed by atoms with Crippen molar-refractivity contribution < 1.29 is 14.2 Å². The standard InChI is InChI=1S/C12H17NO2.C11H15NO.2C10H15N3.C10H13N.C9H13N.3C8H10ClN.3C8H12N2.C8H11N/c1-13-5-4-9-6-11(14-2)12(15-3)7-10(9)8-13;1-12-6-5-9-3-4-11(13-2)7-10(9)8-12;1-12-6-8-13(9-7-12)10-2-4-11-5-3-10;1-12-5-7-13(8-6-12)10-3-2-4-11-9-10;1-11-7-6-9-4-2-3-5-10(9)8-11;1-10(2)8-9-6-4-3-5-7-9;1-10-6-7-2-4-8(9)5-3-7;1-10-6-7-3-2-4-8(9)5-7;1-10-6-7-4-2-3-5-8(7)9;1-10-6-7-2-4-8(9)5-3-7;1-10-6-7-3-2-4-8(9)5-7;1-10-6-7-4-2-3-5-8(7)9;1-9-7-8-5-3-2-4-6-8/h6-7H,4-5,8H2,1-3H3;3-4,7H,5-6,8H2,1-2H3;2-5H,6-9H2,1H3;2-4,9H,5-8H2,1H3;2-5H,6-8H2,1H3;3-7H,8H2,1-2H3;3*2-5,10H,6H2,1H3;3*2-5,10H,6,9H2,1H3;2-6,9H,7H2,1H3. The maximum absolute atomic E-state index is 5.86. The molecular formula is C118H165Cl3N20O3. The van der Waals surface area contributed by atoms with Crippen LogP contribution < -0.4 is 78.4 Å². The Hall–Kier alpha value is -11.5. The van der Waals surface area contributed by atoms with Crippen LogP contribution in [0.15, 0.2) is 310 Å². The van der Waals surface area contributed by atoms with Crippen molar-refractivity contribution in [3.8, 4) is 17.2 Å². The summed E-state index contributed by atoms with van der Waals surface area (Å²) in [7, 11) is 33.5. The summed E-state index contributed by atoms with van der Waals surface area (Å²) in [6, 6.07) is 95.4. The minimum Gasteiger partial charge on any atom is -0.497 e. The fraction of sp³-hybridized carbons (Fsp3) is 0.356. The summed E-state index contributed by atoms with van der Waals surface area (Å²) in [5.74, 6) is 2.63. The minimum absolute atomic E-state index is 0.792. The number of piperazine rings is 2. The lowest BCUT2D eigenvalue weighted by molar-refractivity contribution is 0.308. The first kappa shape index (κ1) is 121. The summed E-state index contributed by atoms with van der Waals surface area (Å²) in [6.45, 7) is 23.0. The van der Waals surface area contributed by atoms with E-state index in [0.717, 1.165) is 204 Å². The fourth-order valence-corrected chi connectivity index (χ4v) is 16.1. The van der Waals surface area contributed by atoms with Crippen molar-refractivity contribution in [2.45, 2.75) is 91.3 Å². The number of benzene rings is 11. The second kappa shape index (κ2) is 72.7. The van der Waals surface area contributed by atoms with Gasteiger partial charge in [0.05, 0.1) is 33.2 Å². The average Bonchev–Trinajstić information content (AvgIpc) is 0.799. The quantitative estimate of drug-likeness (QED) is 0.0301. The number of nitrogens with zero attached hydrogens (tertiary/aromatic N) is 10. The van der Waals surface area contributed by atoms with Crippen molar-refractivity contribution in [3.05, 3.63) is 403 Å². The predicted molar refractivity (Wildman–Crippen MR) is 614 cm³/mol. The Morgan fingerprint density at radius 3 is 1.22 bits per heavy atom. The first-order valence-corrected chi connectivity index (χ1v) is 50.7. The number of aromatic nitrogens is 2. The van der Waals surface area contributed by atoms with Gasteiger partial charge in [0, 0.05) is 200 Å². The van der Waals surface area contributed by atoms with Crippen molar-refractivity contribution in [3.63, 3.8) is 0 Å². The molecule has 5 aliphatic rings. The Kier molecular flexibility index (Phi) is 61.2. The number of para-hydroxylation sites is 1. The van der Waals surface area contributed by atoms with Gasteiger partial charge in [0.25, 0.3) is 0 Å². The molecule has 11 aromatic carbocycles. The predicted octanol–water partition coefficient (Wildman–Crippen LogP) is 19.0. The molecule has 0 bridgehead atoms. The van der Waals surface area contributed by atoms with Gasteiger partial charge >= 0.3 is 0 Å². The van der Waals surface area contributed by atoms with E-state index in [1.807, 2.05) is 256 Å². The van der Waals surface area contributed by atoms with Crippen molar-refractivity contribution in [2.24, 2.45) is 0 Å². The van der Waals surface area contributed by atoms with Gasteiger partial charge in [-0.2, -0.15) is 0 Å². The number of likely N-dealkylation sites (N-methyl/N-ethyl adjacent to an activating group) is 5. The molecule has 0 amide bonds. The fourth-order valence-electron chi connectivity index (χ4n) is 15.6. The molecular weight excluding hydrogens is 1850 g/mol. The Labute approximate surface area is 878 Å². The lowest BCUT2D eigenvalue weighted by atomic mass is 9.99. The second-order valence-electron chi connectivity index (χ2n) is 35.8. The van der Waals surface area contributed by atoms with Gasteiger partial charge in [0.1, 0.15) is 5.75 Å². The number of nitrogens with two attached hydrogens (primary N) is 3. The molecule has 0 spiro atoms. The van der Waals surface area contributed by atoms with Crippen LogP contribution in [-0.4, -0.2) is 231 Å². The number of anilines is 5. The highest BCUT2D eigenvalue weighted by molar-refractivity contribution is 6.31. The summed E-state index contributed by atoms with van der Waals surface area (Å²) in [5.41, 5.74) is 40.4. The maximum Gasteiger partial charge on any atom is 0.161 e. The third-order valence-electron chi connectivity index (χ3n) is 23.5. The van der Waals surface area contributed by atoms with Gasteiger partial charge < -0.3 is 108 Å². The van der Waals surface area contributed by atoms with Crippen LogP contribution in [0.4, 0.5) is 28.4 Å². The van der Waals surface area contributed by atoms with Crippen molar-refractivity contribution in [1.29, 1.82) is 0 Å². The number of rotatable bonds is 21. The smallest absolute Gasteiger partial charge is 0.161 e. The zero-order chi connectivity index (χ0) is 104. The van der Waals surface area contributed by atoms with Gasteiger partial charge in [-0.3, -0.25) is 9.97 Å². The molecule has 26 heteroatoms. The highest BCUT2D eigenvalue weighted by Gasteiger charge is 2.20. The van der Waals surface area contributed by atoms with Gasteiger partial charge in [-0.1, -0.05) is 211 Å². The van der Waals surface area contributed by atoms with Crippen LogP contribution in [0.1, 0.15) is 77.9 Å². The van der Waals surface area contributed by atoms with Gasteiger partial charge in [0.2, 0.25) is 0 Å². The molecule has 13 aromatic rings. The SMILES string of the molecule is CN(C)Cc1ccccc1.CN1CCN(c2cccnc2)CC1.CN1CCN(c2ccncc2)CC1.CN1CCc2ccccc2C1.CNCc1ccc(Cl)cc1.CNCc1ccc(N)cc1.CNCc1cccc(Cl)c1.CNCc1cccc(N)c1.CNCc1ccccc1.CNCc1ccccc1Cl.CNCc1ccccc1N.COc1cc2c(cc1OC)CN(C)CC2.COc1ccc2c(c1)CN(C)CC2. The third kappa shape index (κ3) is 50.3. The number of hydrogen-bond donors (Lipinski definition) is 10. The first-order chi connectivity index (χ1) is 69.8. The monoisotopic (exact) mass is 2020 g/mol. The van der Waals surface area contributed by atoms with Gasteiger partial charge in [-0.25, -0.2) is 0 Å². The first-order valence-electron chi connectivity index (χ1n) is 49.5. The maximum atomic E-state index is 5.86. The molecule has 23 nitrogen and oxygen atoms in total. The summed E-state index contributed by atoms with van der Waals surface area (Å²) in [4.78, 5) is 26.8. The van der Waals surface area contributed by atoms with E-state index in [2.05, 4.69) is 239 Å². The molecule has 0 aliphatic carbocycles. The molecule has 5 aliphatic heterocycles. The van der Waals surface area contributed by atoms with E-state index in [-0.39, 0.29) is 0 Å². The summed E-state index contributed by atoms with van der Waals surface area (Å²) >= 11 is 17.3. The normalized spacial score (nSPS) is 13.3. The van der Waals surface area contributed by atoms with Crippen LogP contribution in [0.2, 0.25) is 15.1 Å². The number of nitrogen functional groups attached to an aromatic ring is 3. The number of pyridine rings is 2. The van der Waals surface area contributed by atoms with E-state index in [4.69, 9.17) is 66.2 Å². The molecule has 0 radical (unpaired) electrons. The van der Waals surface area contributed by atoms with E-state index >= 15 is 0 Å². The molecule has 0 saturated carbocycles. The number of halogens is 3. The van der Waals surface area contributed by atoms with E-state index in [0.29, 0.717) is 0 Å². The topological polar surface area (TPSA) is 242 Å². The molecule has 0 atom stereocenters. The van der Waals surface area contributed by atoms with Crippen LogP contribution >= 0.6 is 34.8 Å². The molecule has 7 heterocycles. The van der Waals surface area contributed by atoms with Crippen molar-refractivity contribution in [2.75, 3.05) is 219 Å². The second-order valence-corrected chi connectivity index (χ2v) is 37.1. The highest BCUT2D eigenvalue weighted by Crippen LogP contribution is 2.33. The number of fused-ring (bicyclic) bond motifs is 3. The zero-order valence-electron chi connectivity index (χ0n) is 88.7. The van der Waals surface area contributed by atoms with Crippen molar-refractivity contribution >= 4 is 63.2 Å². The van der Waals surface area contributed by atoms with Gasteiger partial charge in [-0.15, -0.1) is 0 Å².